The molecule has 2 rings (SSSR count). The van der Waals surface area contributed by atoms with Gasteiger partial charge in [0.15, 0.2) is 0 Å². The Morgan fingerprint density at radius 3 is 3.11 bits per heavy atom. The topological polar surface area (TPSA) is 49.8 Å². The lowest BCUT2D eigenvalue weighted by molar-refractivity contribution is -0.137. The van der Waals surface area contributed by atoms with E-state index in [0.29, 0.717) is 11.1 Å². The van der Waals surface area contributed by atoms with Crippen molar-refractivity contribution in [2.24, 2.45) is 0 Å². The summed E-state index contributed by atoms with van der Waals surface area (Å²) in [5.74, 6) is -0.124. The number of allylic oxidation sites excluding steroid dienone is 1. The SMILES string of the molecule is CCOC(=O)/C=C1\CCCN1c1cccc(O)c1Br. The van der Waals surface area contributed by atoms with Crippen LogP contribution in [0.3, 0.4) is 0 Å². The number of benzene rings is 1. The van der Waals surface area contributed by atoms with Gasteiger partial charge in [-0.05, 0) is 47.8 Å². The quantitative estimate of drug-likeness (QED) is 0.685. The van der Waals surface area contributed by atoms with E-state index in [2.05, 4.69) is 15.9 Å². The number of halogens is 1. The van der Waals surface area contributed by atoms with Crippen LogP contribution in [0.25, 0.3) is 0 Å². The van der Waals surface area contributed by atoms with Crippen LogP contribution >= 0.6 is 15.9 Å². The van der Waals surface area contributed by atoms with Gasteiger partial charge in [0, 0.05) is 18.3 Å². The van der Waals surface area contributed by atoms with Gasteiger partial charge in [-0.25, -0.2) is 4.79 Å². The van der Waals surface area contributed by atoms with Crippen molar-refractivity contribution in [3.8, 4) is 5.75 Å². The van der Waals surface area contributed by atoms with Crippen LogP contribution in [0.4, 0.5) is 5.69 Å². The van der Waals surface area contributed by atoms with Gasteiger partial charge in [0.05, 0.1) is 16.8 Å². The maximum absolute atomic E-state index is 11.5. The molecule has 0 amide bonds. The van der Waals surface area contributed by atoms with Crippen molar-refractivity contribution >= 4 is 27.6 Å². The Morgan fingerprint density at radius 1 is 1.58 bits per heavy atom. The molecule has 1 aromatic rings. The molecular formula is C14H16BrNO3. The molecule has 19 heavy (non-hydrogen) atoms. The predicted molar refractivity (Wildman–Crippen MR) is 77.1 cm³/mol. The Morgan fingerprint density at radius 2 is 2.37 bits per heavy atom. The maximum Gasteiger partial charge on any atom is 0.332 e. The Labute approximate surface area is 120 Å². The zero-order chi connectivity index (χ0) is 13.8. The zero-order valence-corrected chi connectivity index (χ0v) is 12.3. The van der Waals surface area contributed by atoms with Gasteiger partial charge in [-0.15, -0.1) is 0 Å². The number of ether oxygens (including phenoxy) is 1. The molecule has 1 N–H and O–H groups in total. The van der Waals surface area contributed by atoms with Crippen LogP contribution in [-0.2, 0) is 9.53 Å². The van der Waals surface area contributed by atoms with Gasteiger partial charge in [0.1, 0.15) is 5.75 Å². The number of aromatic hydroxyl groups is 1. The molecule has 0 aliphatic carbocycles. The third kappa shape index (κ3) is 3.10. The number of phenols is 1. The summed E-state index contributed by atoms with van der Waals surface area (Å²) in [6.45, 7) is 2.99. The van der Waals surface area contributed by atoms with Crippen LogP contribution < -0.4 is 4.90 Å². The van der Waals surface area contributed by atoms with Gasteiger partial charge in [-0.3, -0.25) is 0 Å². The highest BCUT2D eigenvalue weighted by Gasteiger charge is 2.22. The number of esters is 1. The standard InChI is InChI=1S/C14H16BrNO3/c1-2-19-13(18)9-10-5-4-8-16(10)11-6-3-7-12(17)14(11)15/h3,6-7,9,17H,2,4-5,8H2,1H3/b10-9+. The second-order valence-corrected chi connectivity index (χ2v) is 5.05. The molecule has 1 aromatic carbocycles. The van der Waals surface area contributed by atoms with Gasteiger partial charge in [0.2, 0.25) is 0 Å². The van der Waals surface area contributed by atoms with Crippen molar-refractivity contribution in [2.75, 3.05) is 18.1 Å². The summed E-state index contributed by atoms with van der Waals surface area (Å²) in [6, 6.07) is 5.32. The number of hydrogen-bond acceptors (Lipinski definition) is 4. The van der Waals surface area contributed by atoms with Crippen molar-refractivity contribution in [3.05, 3.63) is 34.4 Å². The fourth-order valence-electron chi connectivity index (χ4n) is 2.16. The molecule has 0 spiro atoms. The second kappa shape index (κ2) is 6.10. The highest BCUT2D eigenvalue weighted by atomic mass is 79.9. The number of carbonyl (C=O) groups excluding carboxylic acids is 1. The van der Waals surface area contributed by atoms with E-state index in [4.69, 9.17) is 4.74 Å². The lowest BCUT2D eigenvalue weighted by Crippen LogP contribution is -2.18. The first-order valence-electron chi connectivity index (χ1n) is 6.25. The van der Waals surface area contributed by atoms with E-state index in [0.717, 1.165) is 30.8 Å². The minimum Gasteiger partial charge on any atom is -0.507 e. The second-order valence-electron chi connectivity index (χ2n) is 4.25. The molecule has 0 bridgehead atoms. The molecule has 1 saturated heterocycles. The number of hydrogen-bond donors (Lipinski definition) is 1. The maximum atomic E-state index is 11.5. The number of phenolic OH excluding ortho intramolecular Hbond substituents is 1. The molecular weight excluding hydrogens is 310 g/mol. The summed E-state index contributed by atoms with van der Waals surface area (Å²) >= 11 is 3.38. The van der Waals surface area contributed by atoms with Gasteiger partial charge < -0.3 is 14.7 Å². The third-order valence-corrected chi connectivity index (χ3v) is 3.79. The van der Waals surface area contributed by atoms with Crippen LogP contribution in [-0.4, -0.2) is 24.2 Å². The smallest absolute Gasteiger partial charge is 0.332 e. The van der Waals surface area contributed by atoms with E-state index in [9.17, 15) is 9.90 Å². The first-order valence-corrected chi connectivity index (χ1v) is 7.05. The summed E-state index contributed by atoms with van der Waals surface area (Å²) in [5.41, 5.74) is 1.79. The van der Waals surface area contributed by atoms with Gasteiger partial charge in [-0.1, -0.05) is 6.07 Å². The lowest BCUT2D eigenvalue weighted by Gasteiger charge is -2.21. The molecule has 4 nitrogen and oxygen atoms in total. The predicted octanol–water partition coefficient (Wildman–Crippen LogP) is 3.20. The first kappa shape index (κ1) is 13.9. The molecule has 5 heteroatoms. The van der Waals surface area contributed by atoms with Crippen LogP contribution in [0.2, 0.25) is 0 Å². The van der Waals surface area contributed by atoms with Gasteiger partial charge in [0.25, 0.3) is 0 Å². The lowest BCUT2D eigenvalue weighted by atomic mass is 10.2. The summed E-state index contributed by atoms with van der Waals surface area (Å²) in [7, 11) is 0. The van der Waals surface area contributed by atoms with Crippen LogP contribution in [0.15, 0.2) is 34.4 Å². The molecule has 102 valence electrons. The first-order chi connectivity index (χ1) is 9.13. The average molecular weight is 326 g/mol. The molecule has 1 aliphatic heterocycles. The Hall–Kier alpha value is -1.49. The van der Waals surface area contributed by atoms with Crippen molar-refractivity contribution in [2.45, 2.75) is 19.8 Å². The Kier molecular flexibility index (Phi) is 4.47. The zero-order valence-electron chi connectivity index (χ0n) is 10.7. The van der Waals surface area contributed by atoms with Gasteiger partial charge in [-0.2, -0.15) is 0 Å². The van der Waals surface area contributed by atoms with Crippen LogP contribution in [0, 0.1) is 0 Å². The summed E-state index contributed by atoms with van der Waals surface area (Å²) in [4.78, 5) is 13.6. The van der Waals surface area contributed by atoms with Crippen LogP contribution in [0.5, 0.6) is 5.75 Å². The van der Waals surface area contributed by atoms with Crippen molar-refractivity contribution in [1.29, 1.82) is 0 Å². The number of carbonyl (C=O) groups is 1. The fraction of sp³-hybridized carbons (Fsp3) is 0.357. The monoisotopic (exact) mass is 325 g/mol. The number of rotatable bonds is 3. The van der Waals surface area contributed by atoms with Crippen LogP contribution in [0.1, 0.15) is 19.8 Å². The molecule has 0 radical (unpaired) electrons. The highest BCUT2D eigenvalue weighted by molar-refractivity contribution is 9.10. The van der Waals surface area contributed by atoms with E-state index >= 15 is 0 Å². The number of nitrogens with zero attached hydrogens (tertiary/aromatic N) is 1. The largest absolute Gasteiger partial charge is 0.507 e. The van der Waals surface area contributed by atoms with Gasteiger partial charge >= 0.3 is 5.97 Å². The molecule has 0 aromatic heterocycles. The highest BCUT2D eigenvalue weighted by Crippen LogP contribution is 2.38. The van der Waals surface area contributed by atoms with Crippen molar-refractivity contribution in [3.63, 3.8) is 0 Å². The molecule has 0 saturated carbocycles. The molecule has 0 atom stereocenters. The molecule has 1 fully saturated rings. The fourth-order valence-corrected chi connectivity index (χ4v) is 2.64. The summed E-state index contributed by atoms with van der Waals surface area (Å²) < 4.78 is 5.58. The van der Waals surface area contributed by atoms with E-state index in [1.165, 1.54) is 6.08 Å². The van der Waals surface area contributed by atoms with E-state index in [1.54, 1.807) is 19.1 Å². The molecule has 1 aliphatic rings. The third-order valence-electron chi connectivity index (χ3n) is 2.98. The van der Waals surface area contributed by atoms with E-state index in [1.807, 2.05) is 11.0 Å². The normalized spacial score (nSPS) is 16.9. The summed E-state index contributed by atoms with van der Waals surface area (Å²) in [6.07, 6.45) is 3.35. The number of anilines is 1. The minimum absolute atomic E-state index is 0.194. The Bertz CT molecular complexity index is 513. The molecule has 0 unspecified atom stereocenters. The van der Waals surface area contributed by atoms with Crippen molar-refractivity contribution < 1.29 is 14.6 Å². The van der Waals surface area contributed by atoms with E-state index in [-0.39, 0.29) is 11.7 Å². The van der Waals surface area contributed by atoms with E-state index < -0.39 is 0 Å². The summed E-state index contributed by atoms with van der Waals surface area (Å²) in [5, 5.41) is 9.73. The Balaban J connectivity index is 2.28. The minimum atomic E-state index is -0.319. The average Bonchev–Trinajstić information content (AvgIpc) is 2.81. The molecule has 1 heterocycles. The van der Waals surface area contributed by atoms with Crippen molar-refractivity contribution in [1.82, 2.24) is 0 Å².